The molecule has 0 amide bonds. The number of rotatable bonds is 16. The summed E-state index contributed by atoms with van der Waals surface area (Å²) in [6, 6.07) is 0. The van der Waals surface area contributed by atoms with Crippen LogP contribution in [0.3, 0.4) is 0 Å². The average molecular weight is 533 g/mol. The van der Waals surface area contributed by atoms with E-state index in [4.69, 9.17) is 18.9 Å². The van der Waals surface area contributed by atoms with Crippen molar-refractivity contribution in [2.24, 2.45) is 17.3 Å². The predicted octanol–water partition coefficient (Wildman–Crippen LogP) is 7.20. The third-order valence-corrected chi connectivity index (χ3v) is 10.8. The minimum absolute atomic E-state index is 0.0292. The normalized spacial score (nSPS) is 39.9. The highest BCUT2D eigenvalue weighted by atomic mass is 16.5. The fourth-order valence-electron chi connectivity index (χ4n) is 8.98. The molecule has 6 heteroatoms. The van der Waals surface area contributed by atoms with Crippen LogP contribution in [-0.2, 0) is 23.7 Å². The fourth-order valence-corrected chi connectivity index (χ4v) is 8.98. The molecule has 6 nitrogen and oxygen atoms in total. The van der Waals surface area contributed by atoms with Crippen LogP contribution in [0.4, 0.5) is 0 Å². The Bertz CT molecular complexity index is 855. The van der Waals surface area contributed by atoms with Gasteiger partial charge in [0.2, 0.25) is 0 Å². The van der Waals surface area contributed by atoms with Gasteiger partial charge in [0, 0.05) is 11.8 Å². The monoisotopic (exact) mass is 532 g/mol. The van der Waals surface area contributed by atoms with Crippen LogP contribution in [0, 0.1) is 17.3 Å². The molecule has 1 N–H and O–H groups in total. The van der Waals surface area contributed by atoms with Gasteiger partial charge in [0.15, 0.2) is 0 Å². The van der Waals surface area contributed by atoms with Gasteiger partial charge in [-0.25, -0.2) is 4.79 Å². The Kier molecular flexibility index (Phi) is 8.53. The summed E-state index contributed by atoms with van der Waals surface area (Å²) in [5.74, 6) is 1.08. The smallest absolute Gasteiger partial charge is 0.334 e. The van der Waals surface area contributed by atoms with E-state index in [2.05, 4.69) is 13.8 Å². The topological polar surface area (TPSA) is 74.2 Å². The lowest BCUT2D eigenvalue weighted by molar-refractivity contribution is -0.212. The first-order valence-electron chi connectivity index (χ1n) is 15.8. The van der Waals surface area contributed by atoms with E-state index < -0.39 is 5.97 Å². The van der Waals surface area contributed by atoms with Gasteiger partial charge in [0.25, 0.3) is 0 Å². The summed E-state index contributed by atoms with van der Waals surface area (Å²) in [5.41, 5.74) is -0.00751. The van der Waals surface area contributed by atoms with E-state index in [1.165, 1.54) is 19.3 Å². The lowest BCUT2D eigenvalue weighted by Crippen LogP contribution is -2.58. The van der Waals surface area contributed by atoms with Crippen molar-refractivity contribution in [3.05, 3.63) is 11.3 Å². The second kappa shape index (κ2) is 11.4. The zero-order chi connectivity index (χ0) is 26.9. The van der Waals surface area contributed by atoms with E-state index in [1.807, 2.05) is 0 Å². The third-order valence-electron chi connectivity index (χ3n) is 10.8. The Labute approximate surface area is 230 Å². The molecular weight excluding hydrogens is 480 g/mol. The molecule has 4 bridgehead atoms. The number of carboxylic acid groups (broad SMARTS) is 1. The van der Waals surface area contributed by atoms with Crippen LogP contribution in [0.1, 0.15) is 124 Å². The van der Waals surface area contributed by atoms with Crippen molar-refractivity contribution < 1.29 is 28.8 Å². The first-order valence-corrected chi connectivity index (χ1v) is 15.8. The molecule has 6 rings (SSSR count). The number of unbranched alkanes of at least 4 members (excludes halogenated alkanes) is 2. The van der Waals surface area contributed by atoms with Gasteiger partial charge in [-0.05, 0) is 89.4 Å². The quantitative estimate of drug-likeness (QED) is 0.167. The molecule has 2 heterocycles. The van der Waals surface area contributed by atoms with Gasteiger partial charge in [-0.2, -0.15) is 0 Å². The number of hydrogen-bond donors (Lipinski definition) is 1. The zero-order valence-electron chi connectivity index (χ0n) is 24.3. The van der Waals surface area contributed by atoms with E-state index in [0.717, 1.165) is 109 Å². The van der Waals surface area contributed by atoms with Gasteiger partial charge < -0.3 is 24.1 Å². The average Bonchev–Trinajstić information content (AvgIpc) is 2.82. The highest BCUT2D eigenvalue weighted by molar-refractivity contribution is 5.86. The molecule has 4 saturated carbocycles. The molecule has 4 atom stereocenters. The Morgan fingerprint density at radius 3 is 1.89 bits per heavy atom. The molecule has 2 aliphatic heterocycles. The zero-order valence-corrected chi connectivity index (χ0v) is 24.3. The van der Waals surface area contributed by atoms with Crippen molar-refractivity contribution in [3.8, 4) is 0 Å². The fraction of sp³-hybridized carbons (Fsp3) is 0.906. The summed E-state index contributed by atoms with van der Waals surface area (Å²) in [6.45, 7) is 9.21. The van der Waals surface area contributed by atoms with E-state index in [9.17, 15) is 9.90 Å². The summed E-state index contributed by atoms with van der Waals surface area (Å²) in [4.78, 5) is 12.3. The lowest BCUT2D eigenvalue weighted by atomic mass is 9.47. The number of hydrogen-bond acceptors (Lipinski definition) is 5. The summed E-state index contributed by atoms with van der Waals surface area (Å²) in [7, 11) is 0. The molecule has 0 spiro atoms. The molecule has 0 aromatic rings. The first-order chi connectivity index (χ1) is 18.3. The largest absolute Gasteiger partial charge is 0.497 e. The second-order valence-corrected chi connectivity index (χ2v) is 13.7. The minimum atomic E-state index is -0.855. The molecular formula is C32H52O6. The van der Waals surface area contributed by atoms with Gasteiger partial charge in [0.05, 0.1) is 48.8 Å². The van der Waals surface area contributed by atoms with Crippen LogP contribution in [0.5, 0.6) is 0 Å². The van der Waals surface area contributed by atoms with E-state index >= 15 is 0 Å². The van der Waals surface area contributed by atoms with Crippen LogP contribution in [0.25, 0.3) is 0 Å². The van der Waals surface area contributed by atoms with Crippen molar-refractivity contribution >= 4 is 5.97 Å². The molecule has 4 unspecified atom stereocenters. The van der Waals surface area contributed by atoms with Crippen molar-refractivity contribution in [2.45, 2.75) is 140 Å². The molecule has 4 aliphatic carbocycles. The Balaban J connectivity index is 1.28. The summed E-state index contributed by atoms with van der Waals surface area (Å²) >= 11 is 0. The van der Waals surface area contributed by atoms with Crippen molar-refractivity contribution in [1.82, 2.24) is 0 Å². The summed E-state index contributed by atoms with van der Waals surface area (Å²) in [5, 5.41) is 10.1. The van der Waals surface area contributed by atoms with Gasteiger partial charge in [0.1, 0.15) is 5.76 Å². The molecule has 0 radical (unpaired) electrons. The molecule has 0 aromatic carbocycles. The predicted molar refractivity (Wildman–Crippen MR) is 147 cm³/mol. The summed E-state index contributed by atoms with van der Waals surface area (Å²) in [6.07, 6.45) is 17.4. The third kappa shape index (κ3) is 5.69. The Morgan fingerprint density at radius 1 is 0.868 bits per heavy atom. The van der Waals surface area contributed by atoms with Crippen LogP contribution in [0.2, 0.25) is 0 Å². The van der Waals surface area contributed by atoms with Gasteiger partial charge >= 0.3 is 5.97 Å². The highest BCUT2D eigenvalue weighted by Crippen LogP contribution is 2.65. The summed E-state index contributed by atoms with van der Waals surface area (Å²) < 4.78 is 25.6. The molecule has 6 aliphatic rings. The van der Waals surface area contributed by atoms with Crippen LogP contribution >= 0.6 is 0 Å². The van der Waals surface area contributed by atoms with Crippen molar-refractivity contribution in [3.63, 3.8) is 0 Å². The van der Waals surface area contributed by atoms with E-state index in [-0.39, 0.29) is 22.2 Å². The van der Waals surface area contributed by atoms with Crippen molar-refractivity contribution in [2.75, 3.05) is 26.4 Å². The standard InChI is InChI=1S/C32H52O6/c1-4-6-8-30(11-15-36-30)10-14-35-27(24(3)28(33)34)29-19-25-18-26(20-29)22-32(21-25,23-29)38-17-13-31(9-7-5-2)12-16-37-31/h25-26H,4-23H2,1-3H3,(H,33,34). The van der Waals surface area contributed by atoms with Crippen LogP contribution in [0.15, 0.2) is 11.3 Å². The number of ether oxygens (including phenoxy) is 4. The maximum Gasteiger partial charge on any atom is 0.334 e. The van der Waals surface area contributed by atoms with E-state index in [0.29, 0.717) is 24.0 Å². The molecule has 0 aromatic heterocycles. The SMILES string of the molecule is CCCCC1(CCOC(=C(C)C(=O)O)C23CC4CC(CC(OCCC5(CCCC)CCO5)(C4)C2)C3)CCO1. The second-order valence-electron chi connectivity index (χ2n) is 13.7. The van der Waals surface area contributed by atoms with Crippen LogP contribution in [-0.4, -0.2) is 54.3 Å². The Hall–Kier alpha value is -1.11. The van der Waals surface area contributed by atoms with Crippen LogP contribution < -0.4 is 0 Å². The maximum absolute atomic E-state index is 12.3. The molecule has 6 fully saturated rings. The van der Waals surface area contributed by atoms with E-state index in [1.54, 1.807) is 6.92 Å². The number of allylic oxidation sites excluding steroid dienone is 1. The highest BCUT2D eigenvalue weighted by Gasteiger charge is 2.61. The minimum Gasteiger partial charge on any atom is -0.497 e. The lowest BCUT2D eigenvalue weighted by Gasteiger charge is -2.62. The van der Waals surface area contributed by atoms with Gasteiger partial charge in [-0.3, -0.25) is 0 Å². The van der Waals surface area contributed by atoms with Gasteiger partial charge in [-0.1, -0.05) is 39.5 Å². The molecule has 216 valence electrons. The van der Waals surface area contributed by atoms with Crippen molar-refractivity contribution in [1.29, 1.82) is 0 Å². The molecule has 2 saturated heterocycles. The number of carbonyl (C=O) groups is 1. The maximum atomic E-state index is 12.3. The molecule has 38 heavy (non-hydrogen) atoms. The number of aliphatic carboxylic acids is 1. The Morgan fingerprint density at radius 2 is 1.42 bits per heavy atom. The van der Waals surface area contributed by atoms with Gasteiger partial charge in [-0.15, -0.1) is 0 Å². The number of carboxylic acids is 1. The first kappa shape index (κ1) is 28.4.